The Morgan fingerprint density at radius 1 is 1.56 bits per heavy atom. The van der Waals surface area contributed by atoms with Gasteiger partial charge in [0.2, 0.25) is 0 Å². The standard InChI is InChI=1S/C13H19NO3S/c1-9(15)10-5-6-14-11(7-10)18-8-12(16)17-13(2,3)4/h5-7,9,15H,8H2,1-4H3/t9-/m0/s1. The molecule has 0 aliphatic rings. The van der Waals surface area contributed by atoms with Gasteiger partial charge in [0.25, 0.3) is 0 Å². The molecular weight excluding hydrogens is 250 g/mol. The van der Waals surface area contributed by atoms with Crippen molar-refractivity contribution in [2.24, 2.45) is 0 Å². The summed E-state index contributed by atoms with van der Waals surface area (Å²) in [6.07, 6.45) is 1.09. The zero-order chi connectivity index (χ0) is 13.8. The van der Waals surface area contributed by atoms with Crippen molar-refractivity contribution in [2.45, 2.75) is 44.4 Å². The number of thioether (sulfide) groups is 1. The van der Waals surface area contributed by atoms with Gasteiger partial charge in [-0.3, -0.25) is 4.79 Å². The van der Waals surface area contributed by atoms with Gasteiger partial charge in [0.1, 0.15) is 5.60 Å². The fourth-order valence-electron chi connectivity index (χ4n) is 1.27. The summed E-state index contributed by atoms with van der Waals surface area (Å²) >= 11 is 1.30. The third-order valence-electron chi connectivity index (χ3n) is 2.00. The largest absolute Gasteiger partial charge is 0.459 e. The van der Waals surface area contributed by atoms with Crippen LogP contribution in [0.5, 0.6) is 0 Å². The fourth-order valence-corrected chi connectivity index (χ4v) is 1.95. The molecule has 1 aromatic heterocycles. The van der Waals surface area contributed by atoms with Crippen LogP contribution in [0.15, 0.2) is 23.4 Å². The third kappa shape index (κ3) is 5.51. The van der Waals surface area contributed by atoms with E-state index in [-0.39, 0.29) is 11.7 Å². The maximum absolute atomic E-state index is 11.5. The Morgan fingerprint density at radius 3 is 2.78 bits per heavy atom. The van der Waals surface area contributed by atoms with Crippen molar-refractivity contribution >= 4 is 17.7 Å². The molecule has 1 N–H and O–H groups in total. The normalized spacial score (nSPS) is 13.2. The fraction of sp³-hybridized carbons (Fsp3) is 0.538. The van der Waals surface area contributed by atoms with Crippen LogP contribution in [0.3, 0.4) is 0 Å². The Kier molecular flexibility index (Phi) is 5.16. The minimum absolute atomic E-state index is 0.216. The van der Waals surface area contributed by atoms with Gasteiger partial charge < -0.3 is 9.84 Å². The van der Waals surface area contributed by atoms with Crippen molar-refractivity contribution in [1.29, 1.82) is 0 Å². The molecule has 0 aliphatic carbocycles. The second kappa shape index (κ2) is 6.20. The van der Waals surface area contributed by atoms with E-state index in [0.717, 1.165) is 5.56 Å². The molecule has 4 nitrogen and oxygen atoms in total. The number of hydrogen-bond donors (Lipinski definition) is 1. The molecule has 0 fully saturated rings. The van der Waals surface area contributed by atoms with Gasteiger partial charge in [-0.15, -0.1) is 0 Å². The van der Waals surface area contributed by atoms with Crippen LogP contribution in [0.25, 0.3) is 0 Å². The average molecular weight is 269 g/mol. The first-order valence-electron chi connectivity index (χ1n) is 5.76. The van der Waals surface area contributed by atoms with Gasteiger partial charge in [-0.25, -0.2) is 4.98 Å². The Balaban J connectivity index is 2.53. The Hall–Kier alpha value is -1.07. The van der Waals surface area contributed by atoms with Crippen LogP contribution in [0.1, 0.15) is 39.4 Å². The van der Waals surface area contributed by atoms with Crippen LogP contribution in [-0.2, 0) is 9.53 Å². The number of rotatable bonds is 4. The number of hydrogen-bond acceptors (Lipinski definition) is 5. The van der Waals surface area contributed by atoms with Crippen molar-refractivity contribution in [3.05, 3.63) is 23.9 Å². The lowest BCUT2D eigenvalue weighted by Crippen LogP contribution is -2.24. The van der Waals surface area contributed by atoms with Crippen molar-refractivity contribution in [1.82, 2.24) is 4.98 Å². The average Bonchev–Trinajstić information content (AvgIpc) is 2.24. The molecule has 1 atom stereocenters. The van der Waals surface area contributed by atoms with Gasteiger partial charge >= 0.3 is 5.97 Å². The summed E-state index contributed by atoms with van der Waals surface area (Å²) in [4.78, 5) is 15.7. The van der Waals surface area contributed by atoms with Crippen molar-refractivity contribution in [2.75, 3.05) is 5.75 Å². The molecule has 0 saturated carbocycles. The molecule has 100 valence electrons. The second-order valence-corrected chi connectivity index (χ2v) is 5.97. The lowest BCUT2D eigenvalue weighted by molar-refractivity contribution is -0.151. The van der Waals surface area contributed by atoms with E-state index in [4.69, 9.17) is 4.74 Å². The number of nitrogens with zero attached hydrogens (tertiary/aromatic N) is 1. The quantitative estimate of drug-likeness (QED) is 0.672. The molecule has 0 aliphatic heterocycles. The summed E-state index contributed by atoms with van der Waals surface area (Å²) in [5.41, 5.74) is 0.323. The summed E-state index contributed by atoms with van der Waals surface area (Å²) in [7, 11) is 0. The number of carbonyl (C=O) groups excluding carboxylic acids is 1. The molecule has 0 aromatic carbocycles. The van der Waals surface area contributed by atoms with E-state index in [1.165, 1.54) is 11.8 Å². The van der Waals surface area contributed by atoms with E-state index in [1.54, 1.807) is 25.3 Å². The smallest absolute Gasteiger partial charge is 0.316 e. The van der Waals surface area contributed by atoms with Crippen molar-refractivity contribution in [3.8, 4) is 0 Å². The molecule has 1 aromatic rings. The molecule has 1 heterocycles. The molecule has 1 rings (SSSR count). The van der Waals surface area contributed by atoms with E-state index in [0.29, 0.717) is 5.03 Å². The molecular formula is C13H19NO3S. The van der Waals surface area contributed by atoms with Crippen LogP contribution in [-0.4, -0.2) is 27.4 Å². The number of aliphatic hydroxyl groups excluding tert-OH is 1. The van der Waals surface area contributed by atoms with E-state index in [9.17, 15) is 9.90 Å². The minimum Gasteiger partial charge on any atom is -0.459 e. The number of carbonyl (C=O) groups is 1. The van der Waals surface area contributed by atoms with Gasteiger partial charge in [0.05, 0.1) is 16.9 Å². The topological polar surface area (TPSA) is 59.4 Å². The van der Waals surface area contributed by atoms with Gasteiger partial charge in [-0.05, 0) is 45.4 Å². The van der Waals surface area contributed by atoms with E-state index < -0.39 is 11.7 Å². The minimum atomic E-state index is -0.533. The highest BCUT2D eigenvalue weighted by atomic mass is 32.2. The number of aliphatic hydroxyl groups is 1. The monoisotopic (exact) mass is 269 g/mol. The van der Waals surface area contributed by atoms with E-state index >= 15 is 0 Å². The van der Waals surface area contributed by atoms with E-state index in [2.05, 4.69) is 4.98 Å². The zero-order valence-electron chi connectivity index (χ0n) is 11.1. The number of esters is 1. The molecule has 0 amide bonds. The summed E-state index contributed by atoms with van der Waals surface area (Å²) in [6.45, 7) is 7.20. The number of ether oxygens (including phenoxy) is 1. The van der Waals surface area contributed by atoms with E-state index in [1.807, 2.05) is 20.8 Å². The molecule has 5 heteroatoms. The van der Waals surface area contributed by atoms with Gasteiger partial charge in [0, 0.05) is 6.20 Å². The second-order valence-electron chi connectivity index (χ2n) is 4.98. The van der Waals surface area contributed by atoms with Crippen LogP contribution in [0, 0.1) is 0 Å². The molecule has 0 spiro atoms. The molecule has 0 saturated heterocycles. The number of aromatic nitrogens is 1. The van der Waals surface area contributed by atoms with Crippen molar-refractivity contribution in [3.63, 3.8) is 0 Å². The van der Waals surface area contributed by atoms with Crippen LogP contribution < -0.4 is 0 Å². The maximum Gasteiger partial charge on any atom is 0.316 e. The highest BCUT2D eigenvalue weighted by Gasteiger charge is 2.16. The first-order chi connectivity index (χ1) is 8.28. The van der Waals surface area contributed by atoms with Gasteiger partial charge in [-0.2, -0.15) is 0 Å². The first kappa shape index (κ1) is 15.0. The first-order valence-corrected chi connectivity index (χ1v) is 6.75. The van der Waals surface area contributed by atoms with Gasteiger partial charge in [-0.1, -0.05) is 11.8 Å². The lowest BCUT2D eigenvalue weighted by atomic mass is 10.2. The maximum atomic E-state index is 11.5. The zero-order valence-corrected chi connectivity index (χ0v) is 12.0. The molecule has 0 radical (unpaired) electrons. The predicted molar refractivity (Wildman–Crippen MR) is 71.4 cm³/mol. The molecule has 0 unspecified atom stereocenters. The van der Waals surface area contributed by atoms with Gasteiger partial charge in [0.15, 0.2) is 0 Å². The van der Waals surface area contributed by atoms with Crippen LogP contribution in [0.2, 0.25) is 0 Å². The van der Waals surface area contributed by atoms with Crippen LogP contribution >= 0.6 is 11.8 Å². The third-order valence-corrected chi connectivity index (χ3v) is 2.90. The Morgan fingerprint density at radius 2 is 2.22 bits per heavy atom. The lowest BCUT2D eigenvalue weighted by Gasteiger charge is -2.19. The highest BCUT2D eigenvalue weighted by Crippen LogP contribution is 2.20. The Labute approximate surface area is 112 Å². The summed E-state index contributed by atoms with van der Waals surface area (Å²) in [6, 6.07) is 3.53. The highest BCUT2D eigenvalue weighted by molar-refractivity contribution is 7.99. The molecule has 18 heavy (non-hydrogen) atoms. The summed E-state index contributed by atoms with van der Waals surface area (Å²) < 4.78 is 5.20. The predicted octanol–water partition coefficient (Wildman–Crippen LogP) is 2.57. The summed E-state index contributed by atoms with van der Waals surface area (Å²) in [5, 5.41) is 10.2. The summed E-state index contributed by atoms with van der Waals surface area (Å²) in [5.74, 6) is -0.0511. The van der Waals surface area contributed by atoms with Crippen molar-refractivity contribution < 1.29 is 14.6 Å². The number of pyridine rings is 1. The Bertz CT molecular complexity index is 413. The SMILES string of the molecule is C[C@H](O)c1ccnc(SCC(=O)OC(C)(C)C)c1. The molecule has 0 bridgehead atoms. The van der Waals surface area contributed by atoms with Crippen LogP contribution in [0.4, 0.5) is 0 Å².